The van der Waals surface area contributed by atoms with Gasteiger partial charge in [-0.2, -0.15) is 5.10 Å². The van der Waals surface area contributed by atoms with E-state index in [4.69, 9.17) is 0 Å². The van der Waals surface area contributed by atoms with Crippen LogP contribution in [0.4, 0.5) is 0 Å². The molecule has 0 amide bonds. The number of nitrogens with zero attached hydrogens (tertiary/aromatic N) is 3. The molecule has 17 heavy (non-hydrogen) atoms. The number of Topliss-reactive ketones (excluding diaryl/α,β-unsaturated/α-hetero) is 1. The molecule has 1 fully saturated rings. The molecule has 1 unspecified atom stereocenters. The van der Waals surface area contributed by atoms with E-state index < -0.39 is 0 Å². The fourth-order valence-corrected chi connectivity index (χ4v) is 2.49. The molecule has 2 rings (SSSR count). The Balaban J connectivity index is 1.98. The van der Waals surface area contributed by atoms with Gasteiger partial charge in [-0.1, -0.05) is 13.8 Å². The van der Waals surface area contributed by atoms with E-state index in [1.807, 2.05) is 4.68 Å². The Labute approximate surface area is 102 Å². The van der Waals surface area contributed by atoms with Gasteiger partial charge in [-0.05, 0) is 24.7 Å². The summed E-state index contributed by atoms with van der Waals surface area (Å²) in [7, 11) is 0. The molecular formula is C13H21N3O. The first-order valence-corrected chi connectivity index (χ1v) is 6.53. The Bertz CT molecular complexity index is 384. The lowest BCUT2D eigenvalue weighted by atomic mass is 9.86. The summed E-state index contributed by atoms with van der Waals surface area (Å²) in [6, 6.07) is 0. The highest BCUT2D eigenvalue weighted by Crippen LogP contribution is 2.24. The molecule has 94 valence electrons. The van der Waals surface area contributed by atoms with Crippen molar-refractivity contribution in [3.63, 3.8) is 0 Å². The van der Waals surface area contributed by atoms with Gasteiger partial charge >= 0.3 is 0 Å². The average molecular weight is 235 g/mol. The lowest BCUT2D eigenvalue weighted by Crippen LogP contribution is -2.20. The van der Waals surface area contributed by atoms with Gasteiger partial charge in [0, 0.05) is 25.8 Å². The lowest BCUT2D eigenvalue weighted by Gasteiger charge is -2.20. The molecule has 4 nitrogen and oxygen atoms in total. The summed E-state index contributed by atoms with van der Waals surface area (Å²) in [4.78, 5) is 15.8. The average Bonchev–Trinajstić information content (AvgIpc) is 2.65. The van der Waals surface area contributed by atoms with Gasteiger partial charge in [-0.25, -0.2) is 9.67 Å². The van der Waals surface area contributed by atoms with Crippen LogP contribution in [0.15, 0.2) is 6.33 Å². The molecule has 1 aliphatic rings. The highest BCUT2D eigenvalue weighted by Gasteiger charge is 2.21. The second-order valence-corrected chi connectivity index (χ2v) is 5.46. The highest BCUT2D eigenvalue weighted by molar-refractivity contribution is 5.79. The molecule has 1 aromatic rings. The summed E-state index contributed by atoms with van der Waals surface area (Å²) in [6.07, 6.45) is 6.23. The molecule has 1 aromatic heterocycles. The van der Waals surface area contributed by atoms with Crippen LogP contribution in [0.1, 0.15) is 45.4 Å². The van der Waals surface area contributed by atoms with Gasteiger partial charge in [0.15, 0.2) is 0 Å². The third-order valence-electron chi connectivity index (χ3n) is 3.29. The zero-order valence-electron chi connectivity index (χ0n) is 10.7. The first-order chi connectivity index (χ1) is 8.15. The van der Waals surface area contributed by atoms with Gasteiger partial charge < -0.3 is 0 Å². The van der Waals surface area contributed by atoms with E-state index in [0.29, 0.717) is 17.6 Å². The van der Waals surface area contributed by atoms with Gasteiger partial charge in [-0.15, -0.1) is 0 Å². The first kappa shape index (κ1) is 12.3. The molecule has 0 aliphatic heterocycles. The van der Waals surface area contributed by atoms with Gasteiger partial charge in [0.25, 0.3) is 0 Å². The second-order valence-electron chi connectivity index (χ2n) is 5.46. The molecule has 0 aromatic carbocycles. The number of aromatic nitrogens is 3. The predicted octanol–water partition coefficient (Wildman–Crippen LogP) is 2.24. The van der Waals surface area contributed by atoms with Gasteiger partial charge in [0.1, 0.15) is 17.9 Å². The Morgan fingerprint density at radius 1 is 1.53 bits per heavy atom. The maximum absolute atomic E-state index is 11.4. The van der Waals surface area contributed by atoms with Crippen LogP contribution < -0.4 is 0 Å². The van der Waals surface area contributed by atoms with E-state index in [-0.39, 0.29) is 0 Å². The maximum Gasteiger partial charge on any atom is 0.138 e. The molecule has 1 heterocycles. The highest BCUT2D eigenvalue weighted by atomic mass is 16.1. The summed E-state index contributed by atoms with van der Waals surface area (Å²) in [5.74, 6) is 2.50. The fraction of sp³-hybridized carbons (Fsp3) is 0.769. The van der Waals surface area contributed by atoms with Crippen LogP contribution in [-0.4, -0.2) is 20.5 Å². The van der Waals surface area contributed by atoms with Gasteiger partial charge in [0.2, 0.25) is 0 Å². The summed E-state index contributed by atoms with van der Waals surface area (Å²) in [5.41, 5.74) is 0. The lowest BCUT2D eigenvalue weighted by molar-refractivity contribution is -0.121. The zero-order valence-corrected chi connectivity index (χ0v) is 10.7. The summed E-state index contributed by atoms with van der Waals surface area (Å²) < 4.78 is 1.99. The van der Waals surface area contributed by atoms with Crippen molar-refractivity contribution >= 4 is 5.78 Å². The predicted molar refractivity (Wildman–Crippen MR) is 65.5 cm³/mol. The number of hydrogen-bond acceptors (Lipinski definition) is 3. The third-order valence-corrected chi connectivity index (χ3v) is 3.29. The van der Waals surface area contributed by atoms with Crippen molar-refractivity contribution in [2.75, 3.05) is 0 Å². The minimum Gasteiger partial charge on any atom is -0.300 e. The normalized spacial score (nSPS) is 21.1. The third kappa shape index (κ3) is 3.38. The molecule has 0 spiro atoms. The topological polar surface area (TPSA) is 47.8 Å². The fourth-order valence-electron chi connectivity index (χ4n) is 2.49. The number of ketones is 1. The minimum absolute atomic E-state index is 0.413. The van der Waals surface area contributed by atoms with Crippen molar-refractivity contribution in [2.24, 2.45) is 11.8 Å². The SMILES string of the molecule is CC(C)Cn1ncnc1CC1CCCC(=O)C1. The van der Waals surface area contributed by atoms with Crippen LogP contribution in [0.3, 0.4) is 0 Å². The zero-order chi connectivity index (χ0) is 12.3. The number of hydrogen-bond donors (Lipinski definition) is 0. The van der Waals surface area contributed by atoms with Crippen molar-refractivity contribution < 1.29 is 4.79 Å². The van der Waals surface area contributed by atoms with E-state index in [2.05, 4.69) is 23.9 Å². The molecule has 0 saturated heterocycles. The van der Waals surface area contributed by atoms with Crippen LogP contribution >= 0.6 is 0 Å². The second kappa shape index (κ2) is 5.43. The van der Waals surface area contributed by atoms with Crippen molar-refractivity contribution in [3.8, 4) is 0 Å². The number of carbonyl (C=O) groups is 1. The van der Waals surface area contributed by atoms with Crippen LogP contribution in [-0.2, 0) is 17.8 Å². The molecule has 0 bridgehead atoms. The summed E-state index contributed by atoms with van der Waals surface area (Å²) >= 11 is 0. The van der Waals surface area contributed by atoms with Gasteiger partial charge in [-0.3, -0.25) is 4.79 Å². The van der Waals surface area contributed by atoms with Crippen molar-refractivity contribution in [1.82, 2.24) is 14.8 Å². The van der Waals surface area contributed by atoms with Crippen molar-refractivity contribution in [2.45, 2.75) is 52.5 Å². The van der Waals surface area contributed by atoms with Crippen LogP contribution in [0, 0.1) is 11.8 Å². The van der Waals surface area contributed by atoms with Crippen LogP contribution in [0.5, 0.6) is 0 Å². The molecular weight excluding hydrogens is 214 g/mol. The van der Waals surface area contributed by atoms with Crippen LogP contribution in [0.25, 0.3) is 0 Å². The monoisotopic (exact) mass is 235 g/mol. The summed E-state index contributed by atoms with van der Waals surface area (Å²) in [6.45, 7) is 5.27. The van der Waals surface area contributed by atoms with Crippen molar-refractivity contribution in [1.29, 1.82) is 0 Å². The Morgan fingerprint density at radius 2 is 2.35 bits per heavy atom. The molecule has 1 aliphatic carbocycles. The summed E-state index contributed by atoms with van der Waals surface area (Å²) in [5, 5.41) is 4.26. The number of rotatable bonds is 4. The van der Waals surface area contributed by atoms with E-state index >= 15 is 0 Å². The molecule has 0 N–H and O–H groups in total. The smallest absolute Gasteiger partial charge is 0.138 e. The first-order valence-electron chi connectivity index (χ1n) is 6.53. The molecule has 1 saturated carbocycles. The van der Waals surface area contributed by atoms with E-state index in [1.165, 1.54) is 0 Å². The molecule has 1 atom stereocenters. The van der Waals surface area contributed by atoms with Crippen molar-refractivity contribution in [3.05, 3.63) is 12.2 Å². The quantitative estimate of drug-likeness (QED) is 0.804. The van der Waals surface area contributed by atoms with Gasteiger partial charge in [0.05, 0.1) is 0 Å². The standard InChI is InChI=1S/C13H21N3O/c1-10(2)8-16-13(14-9-15-16)7-11-4-3-5-12(17)6-11/h9-11H,3-8H2,1-2H3. The van der Waals surface area contributed by atoms with E-state index in [9.17, 15) is 4.79 Å². The Morgan fingerprint density at radius 3 is 3.06 bits per heavy atom. The number of carbonyl (C=O) groups excluding carboxylic acids is 1. The maximum atomic E-state index is 11.4. The Kier molecular flexibility index (Phi) is 3.92. The minimum atomic E-state index is 0.413. The van der Waals surface area contributed by atoms with Crippen LogP contribution in [0.2, 0.25) is 0 Å². The van der Waals surface area contributed by atoms with E-state index in [0.717, 1.165) is 44.5 Å². The largest absolute Gasteiger partial charge is 0.300 e. The molecule has 0 radical (unpaired) electrons. The molecule has 4 heteroatoms. The Hall–Kier alpha value is -1.19. The van der Waals surface area contributed by atoms with E-state index in [1.54, 1.807) is 6.33 Å².